The summed E-state index contributed by atoms with van der Waals surface area (Å²) in [6, 6.07) is 22.2. The second-order valence-corrected chi connectivity index (χ2v) is 16.0. The van der Waals surface area contributed by atoms with Crippen molar-refractivity contribution in [2.75, 3.05) is 31.1 Å². The smallest absolute Gasteiger partial charge is 0.263 e. The Kier molecular flexibility index (Phi) is 11.6. The summed E-state index contributed by atoms with van der Waals surface area (Å²) in [4.78, 5) is 63.8. The van der Waals surface area contributed by atoms with Gasteiger partial charge in [0.2, 0.25) is 11.8 Å². The number of hydrogen-bond acceptors (Lipinski definition) is 11. The summed E-state index contributed by atoms with van der Waals surface area (Å²) in [7, 11) is 0. The molecule has 0 bridgehead atoms. The zero-order chi connectivity index (χ0) is 39.3. The molecule has 57 heavy (non-hydrogen) atoms. The van der Waals surface area contributed by atoms with Crippen LogP contribution in [0.4, 0.5) is 5.82 Å². The molecule has 5 aromatic rings. The fraction of sp³-hybridized carbons (Fsp3) is 0.372. The Bertz CT molecular complexity index is 2270. The second-order valence-electron chi connectivity index (χ2n) is 14.9. The van der Waals surface area contributed by atoms with E-state index in [4.69, 9.17) is 15.6 Å². The maximum absolute atomic E-state index is 13.4. The van der Waals surface area contributed by atoms with Gasteiger partial charge in [0.1, 0.15) is 35.4 Å². The molecule has 2 fully saturated rings. The average Bonchev–Trinajstić information content (AvgIpc) is 3.74. The molecule has 1 atom stereocenters. The minimum Gasteiger partial charge on any atom is -0.457 e. The van der Waals surface area contributed by atoms with Crippen LogP contribution in [0.2, 0.25) is 0 Å². The number of para-hydroxylation sites is 1. The normalized spacial score (nSPS) is 17.7. The summed E-state index contributed by atoms with van der Waals surface area (Å²) >= 11 is 1.58. The van der Waals surface area contributed by atoms with Gasteiger partial charge in [-0.05, 0) is 92.9 Å². The highest BCUT2D eigenvalue weighted by Crippen LogP contribution is 2.37. The van der Waals surface area contributed by atoms with E-state index in [0.29, 0.717) is 16.9 Å². The highest BCUT2D eigenvalue weighted by atomic mass is 32.2. The van der Waals surface area contributed by atoms with E-state index in [-0.39, 0.29) is 24.8 Å². The van der Waals surface area contributed by atoms with E-state index >= 15 is 0 Å². The number of piperidine rings is 2. The summed E-state index contributed by atoms with van der Waals surface area (Å²) in [5, 5.41) is 8.12. The Morgan fingerprint density at radius 1 is 0.789 bits per heavy atom. The van der Waals surface area contributed by atoms with E-state index < -0.39 is 23.8 Å². The van der Waals surface area contributed by atoms with Crippen LogP contribution < -0.4 is 15.8 Å². The van der Waals surface area contributed by atoms with E-state index in [1.165, 1.54) is 19.2 Å². The molecular weight excluding hydrogens is 741 g/mol. The number of anilines is 1. The molecule has 3 aliphatic heterocycles. The third-order valence-corrected chi connectivity index (χ3v) is 12.2. The number of imide groups is 2. The van der Waals surface area contributed by atoms with Gasteiger partial charge in [0.25, 0.3) is 11.8 Å². The fourth-order valence-electron chi connectivity index (χ4n) is 8.08. The van der Waals surface area contributed by atoms with Crippen LogP contribution in [-0.4, -0.2) is 84.6 Å². The topological polar surface area (TPSA) is 166 Å². The van der Waals surface area contributed by atoms with Crippen molar-refractivity contribution in [1.82, 2.24) is 34.9 Å². The number of ether oxygens (including phenoxy) is 1. The number of amides is 4. The predicted molar refractivity (Wildman–Crippen MR) is 218 cm³/mol. The third kappa shape index (κ3) is 8.28. The van der Waals surface area contributed by atoms with Crippen LogP contribution in [0, 0.1) is 0 Å². The lowest BCUT2D eigenvalue weighted by molar-refractivity contribution is -0.136. The van der Waals surface area contributed by atoms with Crippen molar-refractivity contribution in [1.29, 1.82) is 0 Å². The number of nitrogens with two attached hydrogens (primary N) is 1. The fourth-order valence-corrected chi connectivity index (χ4v) is 9.16. The SMILES string of the molecule is Nc1ncnc2c1c(-c1ccc(Oc3ccccc3)cc1)nn2C1CCN(CCCCCCCCSc2cccc3c2C(=O)N(C2CCC(=O)NC2=O)C3=O)CC1. The second kappa shape index (κ2) is 17.3. The molecule has 2 saturated heterocycles. The number of hydrogen-bond donors (Lipinski definition) is 2. The highest BCUT2D eigenvalue weighted by molar-refractivity contribution is 7.99. The maximum atomic E-state index is 13.4. The van der Waals surface area contributed by atoms with Gasteiger partial charge in [-0.3, -0.25) is 29.4 Å². The molecule has 14 heteroatoms. The molecule has 0 aliphatic carbocycles. The van der Waals surface area contributed by atoms with E-state index in [1.807, 2.05) is 60.7 Å². The lowest BCUT2D eigenvalue weighted by atomic mass is 10.0. The zero-order valence-corrected chi connectivity index (χ0v) is 32.6. The Morgan fingerprint density at radius 2 is 1.53 bits per heavy atom. The molecule has 294 valence electrons. The van der Waals surface area contributed by atoms with Crippen LogP contribution in [0.3, 0.4) is 0 Å². The van der Waals surface area contributed by atoms with E-state index in [0.717, 1.165) is 107 Å². The van der Waals surface area contributed by atoms with Gasteiger partial charge in [-0.1, -0.05) is 49.9 Å². The van der Waals surface area contributed by atoms with Gasteiger partial charge in [0.05, 0.1) is 22.6 Å². The van der Waals surface area contributed by atoms with Crippen LogP contribution in [-0.2, 0) is 9.59 Å². The van der Waals surface area contributed by atoms with Gasteiger partial charge in [0.15, 0.2) is 5.65 Å². The quantitative estimate of drug-likeness (QED) is 0.0635. The van der Waals surface area contributed by atoms with Crippen molar-refractivity contribution in [3.8, 4) is 22.8 Å². The van der Waals surface area contributed by atoms with Gasteiger partial charge in [-0.15, -0.1) is 11.8 Å². The number of nitrogen functional groups attached to an aromatic ring is 1. The van der Waals surface area contributed by atoms with Gasteiger partial charge in [-0.25, -0.2) is 14.6 Å². The first kappa shape index (κ1) is 38.3. The standard InChI is InChI=1S/C43H46N8O5S/c44-39-37-38(28-15-17-31(18-16-28)56-30-11-6-5-7-12-30)48-51(40(37)46-27-45-39)29-21-24-49(25-22-29)23-8-3-1-2-4-9-26-57-34-14-10-13-32-36(34)43(55)50(42(32)54)33-19-20-35(52)47-41(33)53/h5-7,10-18,27,29,33H,1-4,8-9,19-26H2,(H2,44,45,46)(H,47,52,53). The molecule has 3 aliphatic rings. The number of likely N-dealkylation sites (tertiary alicyclic amines) is 1. The van der Waals surface area contributed by atoms with Crippen molar-refractivity contribution in [2.45, 2.75) is 81.2 Å². The predicted octanol–water partition coefficient (Wildman–Crippen LogP) is 7.04. The molecule has 0 saturated carbocycles. The van der Waals surface area contributed by atoms with Gasteiger partial charge < -0.3 is 15.4 Å². The van der Waals surface area contributed by atoms with Crippen molar-refractivity contribution < 1.29 is 23.9 Å². The molecule has 1 unspecified atom stereocenters. The molecule has 3 N–H and O–H groups in total. The van der Waals surface area contributed by atoms with E-state index in [1.54, 1.807) is 23.9 Å². The number of benzene rings is 3. The summed E-state index contributed by atoms with van der Waals surface area (Å²) in [6.07, 6.45) is 10.5. The molecule has 3 aromatic carbocycles. The van der Waals surface area contributed by atoms with Crippen molar-refractivity contribution in [3.63, 3.8) is 0 Å². The van der Waals surface area contributed by atoms with Gasteiger partial charge >= 0.3 is 0 Å². The van der Waals surface area contributed by atoms with Gasteiger partial charge in [0, 0.05) is 30.0 Å². The first-order valence-electron chi connectivity index (χ1n) is 19.9. The van der Waals surface area contributed by atoms with Crippen molar-refractivity contribution in [3.05, 3.63) is 90.3 Å². The summed E-state index contributed by atoms with van der Waals surface area (Å²) < 4.78 is 8.05. The number of thioether (sulfide) groups is 1. The highest BCUT2D eigenvalue weighted by Gasteiger charge is 2.45. The van der Waals surface area contributed by atoms with Crippen LogP contribution >= 0.6 is 11.8 Å². The van der Waals surface area contributed by atoms with Crippen LogP contribution in [0.1, 0.15) is 91.0 Å². The number of carbonyl (C=O) groups excluding carboxylic acids is 4. The number of fused-ring (bicyclic) bond motifs is 2. The molecule has 0 spiro atoms. The minimum atomic E-state index is -0.954. The van der Waals surface area contributed by atoms with Gasteiger partial charge in [-0.2, -0.15) is 5.10 Å². The molecule has 8 rings (SSSR count). The number of aromatic nitrogens is 4. The number of rotatable bonds is 15. The minimum absolute atomic E-state index is 0.104. The Hall–Kier alpha value is -5.60. The lowest BCUT2D eigenvalue weighted by Gasteiger charge is -2.32. The Labute approximate surface area is 335 Å². The summed E-state index contributed by atoms with van der Waals surface area (Å²) in [6.45, 7) is 3.10. The molecule has 0 radical (unpaired) electrons. The molecular formula is C43H46N8O5S. The largest absolute Gasteiger partial charge is 0.457 e. The zero-order valence-electron chi connectivity index (χ0n) is 31.8. The molecule has 4 amide bonds. The van der Waals surface area contributed by atoms with Crippen molar-refractivity contribution >= 4 is 52.2 Å². The van der Waals surface area contributed by atoms with E-state index in [9.17, 15) is 19.2 Å². The Morgan fingerprint density at radius 3 is 2.30 bits per heavy atom. The summed E-state index contributed by atoms with van der Waals surface area (Å²) in [5.74, 6) is 0.902. The number of carbonyl (C=O) groups is 4. The first-order valence-corrected chi connectivity index (χ1v) is 20.9. The first-order chi connectivity index (χ1) is 27.9. The molecule has 2 aromatic heterocycles. The maximum Gasteiger partial charge on any atom is 0.263 e. The van der Waals surface area contributed by atoms with E-state index in [2.05, 4.69) is 24.9 Å². The number of unbranched alkanes of at least 4 members (excludes halogenated alkanes) is 5. The number of nitrogens with zero attached hydrogens (tertiary/aromatic N) is 6. The number of nitrogens with one attached hydrogen (secondary N) is 1. The van der Waals surface area contributed by atoms with Crippen LogP contribution in [0.25, 0.3) is 22.3 Å². The summed E-state index contributed by atoms with van der Waals surface area (Å²) in [5.41, 5.74) is 9.60. The molecule has 13 nitrogen and oxygen atoms in total. The lowest BCUT2D eigenvalue weighted by Crippen LogP contribution is -2.54. The van der Waals surface area contributed by atoms with Crippen molar-refractivity contribution in [2.24, 2.45) is 0 Å². The van der Waals surface area contributed by atoms with Crippen LogP contribution in [0.15, 0.2) is 84.0 Å². The third-order valence-electron chi connectivity index (χ3n) is 11.1. The average molecular weight is 787 g/mol. The van der Waals surface area contributed by atoms with Crippen LogP contribution in [0.5, 0.6) is 11.5 Å². The monoisotopic (exact) mass is 786 g/mol. The Balaban J connectivity index is 0.759. The molecule has 5 heterocycles.